The lowest BCUT2D eigenvalue weighted by Gasteiger charge is -2.33. The predicted octanol–water partition coefficient (Wildman–Crippen LogP) is 2.45. The summed E-state index contributed by atoms with van der Waals surface area (Å²) in [5, 5.41) is 10.5. The second-order valence-corrected chi connectivity index (χ2v) is 5.89. The van der Waals surface area contributed by atoms with E-state index in [1.807, 2.05) is 0 Å². The molecule has 0 spiro atoms. The van der Waals surface area contributed by atoms with Crippen LogP contribution in [-0.2, 0) is 4.74 Å². The molecule has 1 atom stereocenters. The molecule has 0 radical (unpaired) electrons. The summed E-state index contributed by atoms with van der Waals surface area (Å²) < 4.78 is 5.58. The minimum absolute atomic E-state index is 0.273. The second-order valence-electron chi connectivity index (χ2n) is 5.89. The van der Waals surface area contributed by atoms with Crippen molar-refractivity contribution in [2.24, 2.45) is 0 Å². The van der Waals surface area contributed by atoms with Gasteiger partial charge in [-0.2, -0.15) is 0 Å². The number of terminal acetylenes is 1. The van der Waals surface area contributed by atoms with Gasteiger partial charge in [0.15, 0.2) is 0 Å². The van der Waals surface area contributed by atoms with Crippen molar-refractivity contribution < 1.29 is 9.84 Å². The number of piperidine rings is 1. The number of ether oxygens (including phenoxy) is 1. The van der Waals surface area contributed by atoms with Crippen molar-refractivity contribution in [3.63, 3.8) is 0 Å². The maximum atomic E-state index is 10.5. The predicted molar refractivity (Wildman–Crippen MR) is 85.1 cm³/mol. The van der Waals surface area contributed by atoms with E-state index in [1.165, 1.54) is 5.56 Å². The fourth-order valence-corrected chi connectivity index (χ4v) is 2.89. The molecular formula is C18H25NO2. The van der Waals surface area contributed by atoms with Gasteiger partial charge in [-0.05, 0) is 37.8 Å². The van der Waals surface area contributed by atoms with E-state index < -0.39 is 6.10 Å². The number of hydrogen-bond donors (Lipinski definition) is 1. The number of aliphatic hydroxyl groups excluding tert-OH is 1. The van der Waals surface area contributed by atoms with Crippen LogP contribution >= 0.6 is 0 Å². The smallest absolute Gasteiger partial charge is 0.107 e. The van der Waals surface area contributed by atoms with E-state index in [1.54, 1.807) is 0 Å². The Morgan fingerprint density at radius 1 is 1.38 bits per heavy atom. The molecule has 114 valence electrons. The molecule has 0 unspecified atom stereocenters. The van der Waals surface area contributed by atoms with Gasteiger partial charge in [0, 0.05) is 19.6 Å². The minimum Gasteiger partial charge on any atom is -0.387 e. The molecule has 1 heterocycles. The molecule has 2 rings (SSSR count). The second kappa shape index (κ2) is 7.61. The Kier molecular flexibility index (Phi) is 5.81. The quantitative estimate of drug-likeness (QED) is 0.844. The first-order valence-electron chi connectivity index (χ1n) is 7.62. The molecule has 1 fully saturated rings. The van der Waals surface area contributed by atoms with Gasteiger partial charge in [-0.1, -0.05) is 29.7 Å². The monoisotopic (exact) mass is 287 g/mol. The maximum Gasteiger partial charge on any atom is 0.107 e. The summed E-state index contributed by atoms with van der Waals surface area (Å²) in [6, 6.07) is 6.25. The molecule has 1 aromatic carbocycles. The van der Waals surface area contributed by atoms with Crippen LogP contribution in [0.15, 0.2) is 18.2 Å². The van der Waals surface area contributed by atoms with Crippen molar-refractivity contribution in [2.45, 2.75) is 38.9 Å². The molecule has 3 heteroatoms. The molecule has 1 aliphatic heterocycles. The van der Waals surface area contributed by atoms with Crippen LogP contribution in [0.3, 0.4) is 0 Å². The number of aliphatic hydroxyl groups is 1. The zero-order valence-electron chi connectivity index (χ0n) is 13.0. The van der Waals surface area contributed by atoms with Gasteiger partial charge in [0.05, 0.1) is 12.2 Å². The van der Waals surface area contributed by atoms with Gasteiger partial charge in [0.2, 0.25) is 0 Å². The number of rotatable bonds is 5. The summed E-state index contributed by atoms with van der Waals surface area (Å²) in [6.45, 7) is 7.11. The van der Waals surface area contributed by atoms with Crippen LogP contribution in [0, 0.1) is 26.2 Å². The van der Waals surface area contributed by atoms with Gasteiger partial charge in [-0.25, -0.2) is 0 Å². The number of β-amino-alcohol motifs (C(OH)–C–C–N with tert-alkyl or cyclic N) is 1. The van der Waals surface area contributed by atoms with E-state index in [0.717, 1.165) is 37.1 Å². The Hall–Kier alpha value is -1.34. The van der Waals surface area contributed by atoms with Gasteiger partial charge in [0.25, 0.3) is 0 Å². The van der Waals surface area contributed by atoms with E-state index in [4.69, 9.17) is 11.2 Å². The molecule has 1 aromatic rings. The highest BCUT2D eigenvalue weighted by Crippen LogP contribution is 2.22. The Labute approximate surface area is 127 Å². The molecule has 0 bridgehead atoms. The third kappa shape index (κ3) is 4.57. The normalized spacial score (nSPS) is 18.4. The molecular weight excluding hydrogens is 262 g/mol. The van der Waals surface area contributed by atoms with Gasteiger partial charge in [-0.3, -0.25) is 0 Å². The van der Waals surface area contributed by atoms with Crippen LogP contribution in [-0.4, -0.2) is 42.4 Å². The van der Waals surface area contributed by atoms with Crippen molar-refractivity contribution in [3.8, 4) is 12.3 Å². The number of aryl methyl sites for hydroxylation is 2. The van der Waals surface area contributed by atoms with Gasteiger partial charge in [-0.15, -0.1) is 6.42 Å². The largest absolute Gasteiger partial charge is 0.387 e. The lowest BCUT2D eigenvalue weighted by atomic mass is 9.99. The number of benzene rings is 1. The summed E-state index contributed by atoms with van der Waals surface area (Å²) >= 11 is 0. The van der Waals surface area contributed by atoms with E-state index in [0.29, 0.717) is 13.2 Å². The summed E-state index contributed by atoms with van der Waals surface area (Å²) in [6.07, 6.45) is 7.04. The number of hydrogen-bond acceptors (Lipinski definition) is 3. The first-order chi connectivity index (χ1) is 10.1. The van der Waals surface area contributed by atoms with Crippen LogP contribution in [0.1, 0.15) is 35.6 Å². The minimum atomic E-state index is -0.423. The zero-order valence-corrected chi connectivity index (χ0v) is 13.0. The van der Waals surface area contributed by atoms with Crippen molar-refractivity contribution in [3.05, 3.63) is 34.9 Å². The summed E-state index contributed by atoms with van der Waals surface area (Å²) in [7, 11) is 0. The van der Waals surface area contributed by atoms with Crippen molar-refractivity contribution in [1.29, 1.82) is 0 Å². The van der Waals surface area contributed by atoms with Gasteiger partial charge >= 0.3 is 0 Å². The van der Waals surface area contributed by atoms with E-state index in [-0.39, 0.29) is 6.10 Å². The highest BCUT2D eigenvalue weighted by atomic mass is 16.5. The van der Waals surface area contributed by atoms with Gasteiger partial charge in [0.1, 0.15) is 6.61 Å². The molecule has 0 aliphatic carbocycles. The summed E-state index contributed by atoms with van der Waals surface area (Å²) in [4.78, 5) is 2.31. The van der Waals surface area contributed by atoms with Crippen molar-refractivity contribution in [1.82, 2.24) is 4.90 Å². The molecule has 1 aliphatic rings. The van der Waals surface area contributed by atoms with Crippen LogP contribution in [0.25, 0.3) is 0 Å². The van der Waals surface area contributed by atoms with Gasteiger partial charge < -0.3 is 14.7 Å². The highest BCUT2D eigenvalue weighted by Gasteiger charge is 2.22. The van der Waals surface area contributed by atoms with E-state index in [9.17, 15) is 5.11 Å². The third-order valence-electron chi connectivity index (χ3n) is 4.16. The lowest BCUT2D eigenvalue weighted by Crippen LogP contribution is -2.39. The fraction of sp³-hybridized carbons (Fsp3) is 0.556. The van der Waals surface area contributed by atoms with Crippen molar-refractivity contribution in [2.75, 3.05) is 26.2 Å². The topological polar surface area (TPSA) is 32.7 Å². The van der Waals surface area contributed by atoms with Crippen LogP contribution < -0.4 is 0 Å². The average Bonchev–Trinajstić information content (AvgIpc) is 2.49. The van der Waals surface area contributed by atoms with Crippen LogP contribution in [0.5, 0.6) is 0 Å². The number of nitrogens with zero attached hydrogens (tertiary/aromatic N) is 1. The summed E-state index contributed by atoms with van der Waals surface area (Å²) in [5.74, 6) is 2.52. The Morgan fingerprint density at radius 2 is 2.10 bits per heavy atom. The lowest BCUT2D eigenvalue weighted by molar-refractivity contribution is 0.0115. The van der Waals surface area contributed by atoms with Crippen LogP contribution in [0.2, 0.25) is 0 Å². The van der Waals surface area contributed by atoms with E-state index in [2.05, 4.69) is 42.9 Å². The molecule has 0 saturated carbocycles. The Balaban J connectivity index is 1.85. The highest BCUT2D eigenvalue weighted by molar-refractivity contribution is 5.32. The molecule has 3 nitrogen and oxygen atoms in total. The standard InChI is InChI=1S/C18H25NO2/c1-4-11-21-16-7-9-19(10-8-16)13-18(20)17-12-14(2)5-6-15(17)3/h1,5-6,12,16,18,20H,7-11,13H2,2-3H3/t18-/m1/s1. The maximum absolute atomic E-state index is 10.5. The van der Waals surface area contributed by atoms with Crippen molar-refractivity contribution >= 4 is 0 Å². The van der Waals surface area contributed by atoms with Crippen LogP contribution in [0.4, 0.5) is 0 Å². The zero-order chi connectivity index (χ0) is 15.2. The summed E-state index contributed by atoms with van der Waals surface area (Å²) in [5.41, 5.74) is 3.39. The third-order valence-corrected chi connectivity index (χ3v) is 4.16. The molecule has 0 aromatic heterocycles. The first kappa shape index (κ1) is 16.0. The molecule has 1 N–H and O–H groups in total. The van der Waals surface area contributed by atoms with E-state index >= 15 is 0 Å². The Bertz CT molecular complexity index is 498. The number of likely N-dealkylation sites (tertiary alicyclic amines) is 1. The Morgan fingerprint density at radius 3 is 2.76 bits per heavy atom. The molecule has 1 saturated heterocycles. The molecule has 21 heavy (non-hydrogen) atoms. The SMILES string of the molecule is C#CCOC1CCN(C[C@@H](O)c2cc(C)ccc2C)CC1. The molecule has 0 amide bonds. The first-order valence-corrected chi connectivity index (χ1v) is 7.62. The average molecular weight is 287 g/mol. The fourth-order valence-electron chi connectivity index (χ4n) is 2.89.